The second-order valence-corrected chi connectivity index (χ2v) is 10.2. The smallest absolute Gasteiger partial charge is 0.302 e. The molecule has 0 bridgehead atoms. The van der Waals surface area contributed by atoms with Crippen LogP contribution in [0.4, 0.5) is 8.78 Å². The molecule has 3 nitrogen and oxygen atoms in total. The molecule has 3 aliphatic rings. The van der Waals surface area contributed by atoms with E-state index in [4.69, 9.17) is 10.5 Å². The predicted molar refractivity (Wildman–Crippen MR) is 107 cm³/mol. The Morgan fingerprint density at radius 1 is 1.18 bits per heavy atom. The summed E-state index contributed by atoms with van der Waals surface area (Å²) in [5.74, 6) is 1.62. The summed E-state index contributed by atoms with van der Waals surface area (Å²) in [7, 11) is 0. The molecule has 7 atom stereocenters. The van der Waals surface area contributed by atoms with Crippen LogP contribution >= 0.6 is 0 Å². The van der Waals surface area contributed by atoms with Crippen molar-refractivity contribution in [3.05, 3.63) is 11.7 Å². The Hall–Kier alpha value is -0.970. The highest BCUT2D eigenvalue weighted by molar-refractivity contribution is 5.65. The Labute approximate surface area is 168 Å². The second-order valence-electron chi connectivity index (χ2n) is 10.2. The van der Waals surface area contributed by atoms with E-state index >= 15 is 0 Å². The number of ether oxygens (including phenoxy) is 1. The van der Waals surface area contributed by atoms with Crippen LogP contribution in [-0.2, 0) is 9.53 Å². The van der Waals surface area contributed by atoms with Crippen LogP contribution in [0.5, 0.6) is 0 Å². The van der Waals surface area contributed by atoms with Crippen LogP contribution in [-0.4, -0.2) is 19.1 Å². The van der Waals surface area contributed by atoms with Gasteiger partial charge in [0.15, 0.2) is 0 Å². The van der Waals surface area contributed by atoms with Crippen molar-refractivity contribution in [3.8, 4) is 0 Å². The molecule has 3 fully saturated rings. The third-order valence-corrected chi connectivity index (χ3v) is 8.85. The first-order valence-corrected chi connectivity index (χ1v) is 11.0. The number of nitrogens with two attached hydrogens (primary N) is 1. The quantitative estimate of drug-likeness (QED) is 0.633. The highest BCUT2D eigenvalue weighted by atomic mass is 19.3. The van der Waals surface area contributed by atoms with Crippen LogP contribution in [0.1, 0.15) is 72.6 Å². The molecule has 2 N–H and O–H groups in total. The van der Waals surface area contributed by atoms with Crippen molar-refractivity contribution < 1.29 is 18.3 Å². The molecule has 0 radical (unpaired) electrons. The fourth-order valence-corrected chi connectivity index (χ4v) is 7.16. The maximum Gasteiger partial charge on any atom is 0.302 e. The number of esters is 1. The number of fused-ring (bicyclic) bond motifs is 1. The standard InChI is InChI=1S/C23H37F2NO2/c1-14-7-9-22(3,16(11-14)13-28-15(2)27)19-8-10-23(4)18(17(19)12-26)5-6-20(23)21(24)25/h14,16-19H,5-13,26H2,1-4H3/t14-,16+,17-,18?,19?,22-,23-/m0/s1. The van der Waals surface area contributed by atoms with Gasteiger partial charge in [-0.2, -0.15) is 8.78 Å². The van der Waals surface area contributed by atoms with E-state index in [0.717, 1.165) is 32.1 Å². The van der Waals surface area contributed by atoms with Crippen molar-refractivity contribution in [2.24, 2.45) is 46.2 Å². The summed E-state index contributed by atoms with van der Waals surface area (Å²) in [6.07, 6.45) is 4.95. The molecule has 3 aliphatic carbocycles. The first-order chi connectivity index (χ1) is 13.1. The van der Waals surface area contributed by atoms with Crippen molar-refractivity contribution in [2.75, 3.05) is 13.2 Å². The third-order valence-electron chi connectivity index (χ3n) is 8.85. The average Bonchev–Trinajstić information content (AvgIpc) is 2.99. The molecular weight excluding hydrogens is 360 g/mol. The molecule has 0 aliphatic heterocycles. The van der Waals surface area contributed by atoms with Crippen LogP contribution in [0, 0.1) is 40.4 Å². The van der Waals surface area contributed by atoms with Gasteiger partial charge < -0.3 is 10.5 Å². The molecule has 3 saturated carbocycles. The van der Waals surface area contributed by atoms with Crippen molar-refractivity contribution in [1.82, 2.24) is 0 Å². The minimum atomic E-state index is -1.47. The Kier molecular flexibility index (Phi) is 6.24. The minimum Gasteiger partial charge on any atom is -0.466 e. The lowest BCUT2D eigenvalue weighted by Crippen LogP contribution is -2.52. The van der Waals surface area contributed by atoms with Gasteiger partial charge >= 0.3 is 5.97 Å². The van der Waals surface area contributed by atoms with E-state index in [-0.39, 0.29) is 23.2 Å². The van der Waals surface area contributed by atoms with Crippen LogP contribution in [0.25, 0.3) is 0 Å². The van der Waals surface area contributed by atoms with Gasteiger partial charge in [0.05, 0.1) is 6.61 Å². The highest BCUT2D eigenvalue weighted by Crippen LogP contribution is 2.64. The Bertz CT molecular complexity index is 632. The maximum absolute atomic E-state index is 13.6. The molecule has 0 heterocycles. The van der Waals surface area contributed by atoms with Gasteiger partial charge in [0.2, 0.25) is 0 Å². The molecular formula is C23H37F2NO2. The molecule has 3 rings (SSSR count). The molecule has 2 unspecified atom stereocenters. The molecule has 5 heteroatoms. The molecule has 0 saturated heterocycles. The molecule has 0 amide bonds. The van der Waals surface area contributed by atoms with Gasteiger partial charge in [0.25, 0.3) is 6.08 Å². The van der Waals surface area contributed by atoms with Crippen LogP contribution in [0.2, 0.25) is 0 Å². The fraction of sp³-hybridized carbons (Fsp3) is 0.870. The Morgan fingerprint density at radius 2 is 1.89 bits per heavy atom. The van der Waals surface area contributed by atoms with Gasteiger partial charge in [-0.05, 0) is 85.5 Å². The monoisotopic (exact) mass is 397 g/mol. The zero-order chi connectivity index (χ0) is 20.7. The van der Waals surface area contributed by atoms with Crippen molar-refractivity contribution >= 4 is 5.97 Å². The van der Waals surface area contributed by atoms with E-state index in [1.54, 1.807) is 0 Å². The first-order valence-electron chi connectivity index (χ1n) is 11.0. The zero-order valence-electron chi connectivity index (χ0n) is 17.9. The molecule has 0 spiro atoms. The normalized spacial score (nSPS) is 43.5. The number of rotatable bonds is 4. The van der Waals surface area contributed by atoms with Gasteiger partial charge in [0, 0.05) is 12.5 Å². The highest BCUT2D eigenvalue weighted by Gasteiger charge is 2.57. The summed E-state index contributed by atoms with van der Waals surface area (Å²) in [6.45, 7) is 9.16. The lowest BCUT2D eigenvalue weighted by molar-refractivity contribution is -0.148. The van der Waals surface area contributed by atoms with Gasteiger partial charge in [0.1, 0.15) is 0 Å². The lowest BCUT2D eigenvalue weighted by atomic mass is 9.49. The number of hydrogen-bond acceptors (Lipinski definition) is 3. The summed E-state index contributed by atoms with van der Waals surface area (Å²) in [5.41, 5.74) is 6.33. The number of halogens is 2. The number of carbonyl (C=O) groups is 1. The second kappa shape index (κ2) is 8.04. The summed E-state index contributed by atoms with van der Waals surface area (Å²) >= 11 is 0. The number of hydrogen-bond donors (Lipinski definition) is 1. The average molecular weight is 398 g/mol. The summed E-state index contributed by atoms with van der Waals surface area (Å²) in [5, 5.41) is 0. The van der Waals surface area contributed by atoms with Crippen LogP contribution in [0.15, 0.2) is 11.7 Å². The summed E-state index contributed by atoms with van der Waals surface area (Å²) < 4.78 is 32.7. The van der Waals surface area contributed by atoms with Gasteiger partial charge in [-0.15, -0.1) is 0 Å². The van der Waals surface area contributed by atoms with Crippen LogP contribution < -0.4 is 5.73 Å². The molecule has 160 valence electrons. The fourth-order valence-electron chi connectivity index (χ4n) is 7.16. The van der Waals surface area contributed by atoms with E-state index in [1.165, 1.54) is 13.3 Å². The first kappa shape index (κ1) is 21.7. The van der Waals surface area contributed by atoms with Crippen molar-refractivity contribution in [3.63, 3.8) is 0 Å². The summed E-state index contributed by atoms with van der Waals surface area (Å²) in [6, 6.07) is 0. The van der Waals surface area contributed by atoms with Crippen LogP contribution in [0.3, 0.4) is 0 Å². The van der Waals surface area contributed by atoms with Crippen molar-refractivity contribution in [2.45, 2.75) is 72.6 Å². The Morgan fingerprint density at radius 3 is 2.50 bits per heavy atom. The largest absolute Gasteiger partial charge is 0.466 e. The number of carbonyl (C=O) groups excluding carboxylic acids is 1. The SMILES string of the molecule is CC(=O)OC[C@H]1C[C@@H](C)CC[C@]1(C)C1CC[C@]2(C)C(=C(F)F)CCC2[C@@H]1CN. The predicted octanol–water partition coefficient (Wildman–Crippen LogP) is 5.54. The summed E-state index contributed by atoms with van der Waals surface area (Å²) in [4.78, 5) is 11.4. The van der Waals surface area contributed by atoms with Gasteiger partial charge in [-0.25, -0.2) is 0 Å². The van der Waals surface area contributed by atoms with E-state index in [2.05, 4.69) is 13.8 Å². The zero-order valence-corrected chi connectivity index (χ0v) is 17.9. The minimum absolute atomic E-state index is 0.0497. The molecule has 0 aromatic carbocycles. The van der Waals surface area contributed by atoms with E-state index in [1.807, 2.05) is 6.92 Å². The van der Waals surface area contributed by atoms with Gasteiger partial charge in [-0.1, -0.05) is 27.2 Å². The lowest BCUT2D eigenvalue weighted by Gasteiger charge is -2.56. The van der Waals surface area contributed by atoms with Gasteiger partial charge in [-0.3, -0.25) is 4.79 Å². The Balaban J connectivity index is 1.89. The van der Waals surface area contributed by atoms with E-state index in [0.29, 0.717) is 42.9 Å². The van der Waals surface area contributed by atoms with E-state index < -0.39 is 11.5 Å². The molecule has 28 heavy (non-hydrogen) atoms. The maximum atomic E-state index is 13.6. The van der Waals surface area contributed by atoms with Crippen molar-refractivity contribution in [1.29, 1.82) is 0 Å². The molecule has 0 aromatic heterocycles. The third kappa shape index (κ3) is 3.64. The number of allylic oxidation sites excluding steroid dienone is 1. The molecule has 0 aromatic rings. The van der Waals surface area contributed by atoms with E-state index in [9.17, 15) is 13.6 Å². The topological polar surface area (TPSA) is 52.3 Å².